The molecule has 0 unspecified atom stereocenters. The van der Waals surface area contributed by atoms with E-state index >= 15 is 0 Å². The van der Waals surface area contributed by atoms with E-state index in [2.05, 4.69) is 66.2 Å². The Morgan fingerprint density at radius 3 is 2.63 bits per heavy atom. The number of benzene rings is 2. The highest BCUT2D eigenvalue weighted by Crippen LogP contribution is 2.26. The summed E-state index contributed by atoms with van der Waals surface area (Å²) in [6, 6.07) is 19.0. The number of anilines is 1. The number of carbonyl (C=O) groups is 1. The van der Waals surface area contributed by atoms with Crippen LogP contribution in [0, 0.1) is 13.8 Å². The summed E-state index contributed by atoms with van der Waals surface area (Å²) in [6.07, 6.45) is 0. The zero-order chi connectivity index (χ0) is 20.8. The predicted octanol–water partition coefficient (Wildman–Crippen LogP) is 4.68. The minimum Gasteiger partial charge on any atom is -0.365 e. The third-order valence-corrected chi connectivity index (χ3v) is 6.07. The van der Waals surface area contributed by atoms with Crippen molar-refractivity contribution in [3.05, 3.63) is 71.5 Å². The molecule has 1 atom stereocenters. The van der Waals surface area contributed by atoms with Crippen molar-refractivity contribution < 1.29 is 4.79 Å². The van der Waals surface area contributed by atoms with Crippen molar-refractivity contribution in [3.63, 3.8) is 0 Å². The molecule has 2 aromatic carbocycles. The van der Waals surface area contributed by atoms with Gasteiger partial charge in [-0.15, -0.1) is 0 Å². The maximum atomic E-state index is 13.2. The van der Waals surface area contributed by atoms with Crippen LogP contribution in [0.3, 0.4) is 0 Å². The average Bonchev–Trinajstić information content (AvgIpc) is 3.18. The minimum absolute atomic E-state index is 0.0164. The first-order valence-electron chi connectivity index (χ1n) is 10.5. The molecule has 1 saturated heterocycles. The molecule has 0 spiro atoms. The Morgan fingerprint density at radius 1 is 1.03 bits per heavy atom. The van der Waals surface area contributed by atoms with Crippen LogP contribution in [0.1, 0.15) is 28.7 Å². The molecule has 5 nitrogen and oxygen atoms in total. The summed E-state index contributed by atoms with van der Waals surface area (Å²) in [5.74, 6) is 0.0164. The first kappa shape index (κ1) is 18.7. The zero-order valence-corrected chi connectivity index (χ0v) is 17.6. The van der Waals surface area contributed by atoms with Crippen LogP contribution in [0.5, 0.6) is 0 Å². The summed E-state index contributed by atoms with van der Waals surface area (Å²) in [5.41, 5.74) is 5.94. The van der Waals surface area contributed by atoms with E-state index in [1.165, 1.54) is 11.3 Å². The lowest BCUT2D eigenvalue weighted by atomic mass is 10.1. The van der Waals surface area contributed by atoms with Gasteiger partial charge in [-0.3, -0.25) is 4.79 Å². The van der Waals surface area contributed by atoms with Crippen molar-refractivity contribution in [2.75, 3.05) is 24.5 Å². The lowest BCUT2D eigenvalue weighted by Gasteiger charge is -2.41. The monoisotopic (exact) mass is 398 g/mol. The van der Waals surface area contributed by atoms with Crippen molar-refractivity contribution in [1.82, 2.24) is 14.9 Å². The Hall–Kier alpha value is -3.34. The summed E-state index contributed by atoms with van der Waals surface area (Å²) in [4.78, 5) is 25.7. The second-order valence-electron chi connectivity index (χ2n) is 8.38. The highest BCUT2D eigenvalue weighted by Gasteiger charge is 2.28. The molecular weight excluding hydrogens is 372 g/mol. The van der Waals surface area contributed by atoms with Crippen molar-refractivity contribution in [1.29, 1.82) is 0 Å². The van der Waals surface area contributed by atoms with Gasteiger partial charge < -0.3 is 14.8 Å². The zero-order valence-electron chi connectivity index (χ0n) is 17.6. The molecule has 0 saturated carbocycles. The van der Waals surface area contributed by atoms with Gasteiger partial charge in [-0.2, -0.15) is 0 Å². The molecule has 1 amide bonds. The Morgan fingerprint density at radius 2 is 1.83 bits per heavy atom. The smallest absolute Gasteiger partial charge is 0.272 e. The van der Waals surface area contributed by atoms with Gasteiger partial charge in [-0.1, -0.05) is 30.3 Å². The number of rotatable bonds is 2. The highest BCUT2D eigenvalue weighted by molar-refractivity contribution is 6.07. The predicted molar refractivity (Wildman–Crippen MR) is 122 cm³/mol. The molecule has 3 heterocycles. The van der Waals surface area contributed by atoms with Crippen LogP contribution in [0.4, 0.5) is 5.69 Å². The minimum atomic E-state index is 0.0164. The number of nitrogens with zero attached hydrogens (tertiary/aromatic N) is 3. The molecule has 152 valence electrons. The van der Waals surface area contributed by atoms with E-state index in [0.717, 1.165) is 34.0 Å². The van der Waals surface area contributed by atoms with Crippen LogP contribution in [0.25, 0.3) is 21.8 Å². The van der Waals surface area contributed by atoms with Gasteiger partial charge >= 0.3 is 0 Å². The summed E-state index contributed by atoms with van der Waals surface area (Å²) in [5, 5.41) is 2.10. The van der Waals surface area contributed by atoms with E-state index < -0.39 is 0 Å². The third-order valence-electron chi connectivity index (χ3n) is 6.07. The number of piperazine rings is 1. The topological polar surface area (TPSA) is 52.2 Å². The number of hydrogen-bond acceptors (Lipinski definition) is 3. The Bertz CT molecular complexity index is 1260. The molecule has 0 bridgehead atoms. The first-order chi connectivity index (χ1) is 14.5. The summed E-state index contributed by atoms with van der Waals surface area (Å²) in [6.45, 7) is 8.55. The van der Waals surface area contributed by atoms with Crippen molar-refractivity contribution in [2.45, 2.75) is 26.8 Å². The van der Waals surface area contributed by atoms with E-state index in [9.17, 15) is 4.79 Å². The van der Waals surface area contributed by atoms with Gasteiger partial charge in [-0.05, 0) is 50.6 Å². The fraction of sp³-hybridized carbons (Fsp3) is 0.280. The molecule has 5 heteroatoms. The van der Waals surface area contributed by atoms with E-state index in [1.807, 2.05) is 24.0 Å². The molecule has 0 aliphatic carbocycles. The maximum absolute atomic E-state index is 13.2. The summed E-state index contributed by atoms with van der Waals surface area (Å²) < 4.78 is 0. The highest BCUT2D eigenvalue weighted by atomic mass is 16.2. The molecule has 4 aromatic rings. The van der Waals surface area contributed by atoms with Crippen LogP contribution < -0.4 is 4.90 Å². The van der Waals surface area contributed by atoms with Crippen molar-refractivity contribution in [3.8, 4) is 0 Å². The van der Waals surface area contributed by atoms with E-state index in [1.54, 1.807) is 0 Å². The third kappa shape index (κ3) is 3.20. The standard InChI is InChI=1S/C25H26N4O/c1-16-5-4-6-21(13-16)29-12-11-28(15-18(29)3)25(30)22-14-20-10-9-19-8-7-17(2)26-23(19)24(20)27-22/h4-10,13-14,18,26H,11-12,15H2,1-3H3/t18-/m1/s1. The van der Waals surface area contributed by atoms with Gasteiger partial charge in [-0.25, -0.2) is 4.98 Å². The van der Waals surface area contributed by atoms with E-state index in [0.29, 0.717) is 18.8 Å². The van der Waals surface area contributed by atoms with Crippen LogP contribution in [-0.4, -0.2) is 46.5 Å². The van der Waals surface area contributed by atoms with Gasteiger partial charge in [0.1, 0.15) is 5.69 Å². The van der Waals surface area contributed by atoms with Gasteiger partial charge in [0.05, 0.1) is 11.0 Å². The quantitative estimate of drug-likeness (QED) is 0.533. The molecule has 1 aliphatic rings. The number of H-pyrrole nitrogens is 1. The number of pyridine rings is 1. The number of aromatic amines is 1. The van der Waals surface area contributed by atoms with Crippen molar-refractivity contribution >= 4 is 33.4 Å². The lowest BCUT2D eigenvalue weighted by Crippen LogP contribution is -2.53. The van der Waals surface area contributed by atoms with Crippen molar-refractivity contribution in [2.24, 2.45) is 0 Å². The number of amides is 1. The number of nitrogens with one attached hydrogen (secondary N) is 1. The second-order valence-corrected chi connectivity index (χ2v) is 8.38. The molecule has 30 heavy (non-hydrogen) atoms. The van der Waals surface area contributed by atoms with Gasteiger partial charge in [0.15, 0.2) is 0 Å². The summed E-state index contributed by atoms with van der Waals surface area (Å²) in [7, 11) is 0. The van der Waals surface area contributed by atoms with Gasteiger partial charge in [0.2, 0.25) is 0 Å². The molecule has 0 radical (unpaired) electrons. The molecular formula is C25H26N4O. The van der Waals surface area contributed by atoms with Crippen LogP contribution in [-0.2, 0) is 0 Å². The van der Waals surface area contributed by atoms with Gasteiger partial charge in [0, 0.05) is 47.8 Å². The Balaban J connectivity index is 1.40. The Kier molecular flexibility index (Phi) is 4.46. The lowest BCUT2D eigenvalue weighted by molar-refractivity contribution is 0.0721. The second kappa shape index (κ2) is 7.17. The number of aryl methyl sites for hydroxylation is 2. The van der Waals surface area contributed by atoms with E-state index in [-0.39, 0.29) is 11.9 Å². The number of hydrogen-bond donors (Lipinski definition) is 1. The summed E-state index contributed by atoms with van der Waals surface area (Å²) >= 11 is 0. The molecule has 5 rings (SSSR count). The Labute approximate surface area is 176 Å². The normalized spacial score (nSPS) is 17.1. The number of fused-ring (bicyclic) bond motifs is 3. The maximum Gasteiger partial charge on any atom is 0.272 e. The first-order valence-corrected chi connectivity index (χ1v) is 10.5. The molecule has 1 fully saturated rings. The van der Waals surface area contributed by atoms with Crippen LogP contribution in [0.15, 0.2) is 54.6 Å². The van der Waals surface area contributed by atoms with Crippen LogP contribution in [0.2, 0.25) is 0 Å². The fourth-order valence-corrected chi connectivity index (χ4v) is 4.49. The molecule has 1 aliphatic heterocycles. The van der Waals surface area contributed by atoms with Crippen LogP contribution >= 0.6 is 0 Å². The average molecular weight is 399 g/mol. The largest absolute Gasteiger partial charge is 0.365 e. The van der Waals surface area contributed by atoms with Gasteiger partial charge in [0.25, 0.3) is 5.91 Å². The fourth-order valence-electron chi connectivity index (χ4n) is 4.49. The number of carbonyl (C=O) groups excluding carboxylic acids is 1. The number of aromatic nitrogens is 2. The molecule has 2 aromatic heterocycles. The SMILES string of the molecule is Cc1cccc(N2CCN(C(=O)c3cc4ccc5ccc(C)[nH]c5c4n3)C[C@H]2C)c1. The van der Waals surface area contributed by atoms with E-state index in [4.69, 9.17) is 4.98 Å². The molecule has 1 N–H and O–H groups in total.